The van der Waals surface area contributed by atoms with Gasteiger partial charge in [0.05, 0.1) is 6.04 Å². The highest BCUT2D eigenvalue weighted by Crippen LogP contribution is 2.16. The first-order valence-electron chi connectivity index (χ1n) is 9.07. The summed E-state index contributed by atoms with van der Waals surface area (Å²) in [6.45, 7) is 4.47. The minimum atomic E-state index is 0.433. The van der Waals surface area contributed by atoms with E-state index >= 15 is 0 Å². The van der Waals surface area contributed by atoms with Gasteiger partial charge < -0.3 is 0 Å². The van der Waals surface area contributed by atoms with Crippen molar-refractivity contribution in [3.05, 3.63) is 6.33 Å². The standard InChI is InChI=1S/C17H34N4/c1-3-4-5-6-7-8-9-10-11-12-13-14-15-17(2)21-16-18-19-20-21/h16-17H,3-15H2,1-2H3. The quantitative estimate of drug-likeness (QED) is 0.436. The Morgan fingerprint density at radius 2 is 1.33 bits per heavy atom. The Labute approximate surface area is 130 Å². The smallest absolute Gasteiger partial charge is 0.138 e. The Hall–Kier alpha value is -0.930. The number of rotatable bonds is 14. The summed E-state index contributed by atoms with van der Waals surface area (Å²) in [6.07, 6.45) is 19.8. The highest BCUT2D eigenvalue weighted by atomic mass is 15.5. The third kappa shape index (κ3) is 9.59. The fraction of sp³-hybridized carbons (Fsp3) is 0.941. The summed E-state index contributed by atoms with van der Waals surface area (Å²) < 4.78 is 1.86. The second-order valence-corrected chi connectivity index (χ2v) is 6.32. The average Bonchev–Trinajstić information content (AvgIpc) is 3.02. The van der Waals surface area contributed by atoms with E-state index in [9.17, 15) is 0 Å². The number of unbranched alkanes of at least 4 members (excludes halogenated alkanes) is 11. The molecule has 0 aromatic carbocycles. The van der Waals surface area contributed by atoms with Crippen LogP contribution in [0.2, 0.25) is 0 Å². The first-order valence-corrected chi connectivity index (χ1v) is 9.07. The summed E-state index contributed by atoms with van der Waals surface area (Å²) >= 11 is 0. The van der Waals surface area contributed by atoms with Crippen molar-refractivity contribution in [2.75, 3.05) is 0 Å². The molecule has 1 atom stereocenters. The van der Waals surface area contributed by atoms with Crippen LogP contribution in [0.25, 0.3) is 0 Å². The predicted molar refractivity (Wildman–Crippen MR) is 88.2 cm³/mol. The number of hydrogen-bond acceptors (Lipinski definition) is 3. The summed E-state index contributed by atoms with van der Waals surface area (Å²) in [5, 5.41) is 11.3. The molecule has 0 aliphatic carbocycles. The third-order valence-electron chi connectivity index (χ3n) is 4.29. The maximum Gasteiger partial charge on any atom is 0.138 e. The van der Waals surface area contributed by atoms with E-state index in [-0.39, 0.29) is 0 Å². The van der Waals surface area contributed by atoms with Crippen LogP contribution >= 0.6 is 0 Å². The molecule has 0 saturated carbocycles. The molecule has 1 aromatic rings. The van der Waals surface area contributed by atoms with E-state index < -0.39 is 0 Å². The van der Waals surface area contributed by atoms with Crippen LogP contribution in [0.1, 0.15) is 103 Å². The second kappa shape index (κ2) is 12.8. The fourth-order valence-corrected chi connectivity index (χ4v) is 2.78. The van der Waals surface area contributed by atoms with Crippen LogP contribution in [0, 0.1) is 0 Å². The fourth-order valence-electron chi connectivity index (χ4n) is 2.78. The van der Waals surface area contributed by atoms with Crippen LogP contribution < -0.4 is 0 Å². The third-order valence-corrected chi connectivity index (χ3v) is 4.29. The normalized spacial score (nSPS) is 12.7. The van der Waals surface area contributed by atoms with E-state index in [1.165, 1.54) is 83.5 Å². The average molecular weight is 294 g/mol. The first-order chi connectivity index (χ1) is 10.3. The van der Waals surface area contributed by atoms with Gasteiger partial charge in [0.1, 0.15) is 6.33 Å². The molecule has 4 nitrogen and oxygen atoms in total. The van der Waals surface area contributed by atoms with Gasteiger partial charge in [0.15, 0.2) is 0 Å². The molecular formula is C17H34N4. The van der Waals surface area contributed by atoms with Gasteiger partial charge in [-0.3, -0.25) is 0 Å². The van der Waals surface area contributed by atoms with Gasteiger partial charge in [-0.2, -0.15) is 0 Å². The number of tetrazole rings is 1. The van der Waals surface area contributed by atoms with Crippen molar-refractivity contribution in [2.24, 2.45) is 0 Å². The largest absolute Gasteiger partial charge is 0.230 e. The molecule has 0 aliphatic rings. The van der Waals surface area contributed by atoms with Crippen molar-refractivity contribution in [3.8, 4) is 0 Å². The summed E-state index contributed by atoms with van der Waals surface area (Å²) in [6, 6.07) is 0.433. The molecular weight excluding hydrogens is 260 g/mol. The van der Waals surface area contributed by atoms with E-state index in [1.807, 2.05) is 4.68 Å². The molecule has 4 heteroatoms. The molecule has 1 aromatic heterocycles. The second-order valence-electron chi connectivity index (χ2n) is 6.32. The van der Waals surface area contributed by atoms with Gasteiger partial charge in [-0.15, -0.1) is 5.10 Å². The lowest BCUT2D eigenvalue weighted by Gasteiger charge is -2.09. The van der Waals surface area contributed by atoms with Gasteiger partial charge in [0.2, 0.25) is 0 Å². The number of hydrogen-bond donors (Lipinski definition) is 0. The van der Waals surface area contributed by atoms with Crippen molar-refractivity contribution in [3.63, 3.8) is 0 Å². The molecule has 1 rings (SSSR count). The molecule has 122 valence electrons. The summed E-state index contributed by atoms with van der Waals surface area (Å²) in [5.41, 5.74) is 0. The van der Waals surface area contributed by atoms with Gasteiger partial charge in [0, 0.05) is 0 Å². The molecule has 0 bridgehead atoms. The summed E-state index contributed by atoms with van der Waals surface area (Å²) in [7, 11) is 0. The van der Waals surface area contributed by atoms with Crippen molar-refractivity contribution < 1.29 is 0 Å². The number of aromatic nitrogens is 4. The summed E-state index contributed by atoms with van der Waals surface area (Å²) in [4.78, 5) is 0. The maximum absolute atomic E-state index is 3.95. The van der Waals surface area contributed by atoms with Crippen LogP contribution in [0.3, 0.4) is 0 Å². The van der Waals surface area contributed by atoms with Gasteiger partial charge in [-0.05, 0) is 23.8 Å². The van der Waals surface area contributed by atoms with Crippen molar-refractivity contribution in [2.45, 2.75) is 103 Å². The van der Waals surface area contributed by atoms with Crippen LogP contribution in [0.5, 0.6) is 0 Å². The molecule has 21 heavy (non-hydrogen) atoms. The molecule has 0 amide bonds. The van der Waals surface area contributed by atoms with Crippen LogP contribution in [-0.4, -0.2) is 20.2 Å². The Bertz CT molecular complexity index is 311. The van der Waals surface area contributed by atoms with Crippen molar-refractivity contribution in [1.29, 1.82) is 0 Å². The zero-order chi connectivity index (χ0) is 15.2. The van der Waals surface area contributed by atoms with Crippen molar-refractivity contribution >= 4 is 0 Å². The molecule has 0 fully saturated rings. The lowest BCUT2D eigenvalue weighted by atomic mass is 10.0. The lowest BCUT2D eigenvalue weighted by Crippen LogP contribution is -2.05. The topological polar surface area (TPSA) is 43.6 Å². The molecule has 0 radical (unpaired) electrons. The summed E-state index contributed by atoms with van der Waals surface area (Å²) in [5.74, 6) is 0. The first kappa shape index (κ1) is 18.1. The zero-order valence-electron chi connectivity index (χ0n) is 14.1. The zero-order valence-corrected chi connectivity index (χ0v) is 14.1. The van der Waals surface area contributed by atoms with Crippen LogP contribution in [-0.2, 0) is 0 Å². The van der Waals surface area contributed by atoms with E-state index in [1.54, 1.807) is 6.33 Å². The number of nitrogens with zero attached hydrogens (tertiary/aromatic N) is 4. The SMILES string of the molecule is CCCCCCCCCCCCCCC(C)n1cnnn1. The van der Waals surface area contributed by atoms with Crippen LogP contribution in [0.4, 0.5) is 0 Å². The Kier molecular flexibility index (Phi) is 11.0. The molecule has 0 aliphatic heterocycles. The van der Waals surface area contributed by atoms with E-state index in [0.717, 1.165) is 0 Å². The lowest BCUT2D eigenvalue weighted by molar-refractivity contribution is 0.423. The van der Waals surface area contributed by atoms with Gasteiger partial charge in [-0.1, -0.05) is 84.0 Å². The highest BCUT2D eigenvalue weighted by Gasteiger charge is 2.04. The van der Waals surface area contributed by atoms with E-state index in [0.29, 0.717) is 6.04 Å². The van der Waals surface area contributed by atoms with Gasteiger partial charge >= 0.3 is 0 Å². The van der Waals surface area contributed by atoms with Crippen molar-refractivity contribution in [1.82, 2.24) is 20.2 Å². The molecule has 0 spiro atoms. The Morgan fingerprint density at radius 1 is 0.810 bits per heavy atom. The Balaban J connectivity index is 1.78. The molecule has 1 unspecified atom stereocenters. The molecule has 0 saturated heterocycles. The minimum absolute atomic E-state index is 0.433. The highest BCUT2D eigenvalue weighted by molar-refractivity contribution is 4.60. The van der Waals surface area contributed by atoms with E-state index in [4.69, 9.17) is 0 Å². The monoisotopic (exact) mass is 294 g/mol. The van der Waals surface area contributed by atoms with Gasteiger partial charge in [0.25, 0.3) is 0 Å². The maximum atomic E-state index is 3.95. The molecule has 1 heterocycles. The van der Waals surface area contributed by atoms with E-state index in [2.05, 4.69) is 29.4 Å². The van der Waals surface area contributed by atoms with Crippen LogP contribution in [0.15, 0.2) is 6.33 Å². The van der Waals surface area contributed by atoms with Gasteiger partial charge in [-0.25, -0.2) is 4.68 Å². The minimum Gasteiger partial charge on any atom is -0.230 e. The predicted octanol–water partition coefficient (Wildman–Crippen LogP) is 5.33. The Morgan fingerprint density at radius 3 is 1.81 bits per heavy atom. The molecule has 0 N–H and O–H groups in total.